The summed E-state index contributed by atoms with van der Waals surface area (Å²) >= 11 is 1.31. The lowest BCUT2D eigenvalue weighted by atomic mass is 9.92. The van der Waals surface area contributed by atoms with Crippen molar-refractivity contribution in [3.63, 3.8) is 0 Å². The second kappa shape index (κ2) is 7.58. The van der Waals surface area contributed by atoms with Crippen LogP contribution in [0.25, 0.3) is 0 Å². The molecule has 0 spiro atoms. The molecular formula is C18H21F2N3OS. The van der Waals surface area contributed by atoms with Crippen LogP contribution in [0.4, 0.5) is 13.9 Å². The van der Waals surface area contributed by atoms with Crippen LogP contribution in [0.15, 0.2) is 23.6 Å². The third-order valence-corrected chi connectivity index (χ3v) is 5.03. The number of hydrogen-bond donors (Lipinski definition) is 1. The molecule has 25 heavy (non-hydrogen) atoms. The maximum absolute atomic E-state index is 13.2. The van der Waals surface area contributed by atoms with Crippen molar-refractivity contribution in [2.45, 2.75) is 26.8 Å². The van der Waals surface area contributed by atoms with E-state index in [1.54, 1.807) is 0 Å². The fourth-order valence-corrected chi connectivity index (χ4v) is 4.14. The first-order valence-corrected chi connectivity index (χ1v) is 9.21. The molecule has 4 nitrogen and oxygen atoms in total. The molecule has 134 valence electrons. The standard InChI is InChI=1S/C18H21F2N3OS/c1-11-3-12(2)8-23(7-11)9-16-10-25-18(21-16)22-17(24)13-4-14(19)6-15(20)5-13/h4-6,10-12H,3,7-9H2,1-2H3,(H,21,22,24)/t11-,12+. The molecule has 0 unspecified atom stereocenters. The molecule has 1 fully saturated rings. The third kappa shape index (κ3) is 4.83. The van der Waals surface area contributed by atoms with Crippen molar-refractivity contribution in [2.75, 3.05) is 18.4 Å². The molecule has 2 heterocycles. The third-order valence-electron chi connectivity index (χ3n) is 4.23. The Morgan fingerprint density at radius 2 is 1.88 bits per heavy atom. The van der Waals surface area contributed by atoms with Crippen LogP contribution in [-0.2, 0) is 6.54 Å². The number of nitrogens with zero attached hydrogens (tertiary/aromatic N) is 2. The van der Waals surface area contributed by atoms with Crippen LogP contribution >= 0.6 is 11.3 Å². The van der Waals surface area contributed by atoms with Gasteiger partial charge in [-0.3, -0.25) is 15.0 Å². The zero-order chi connectivity index (χ0) is 18.0. The number of thiazole rings is 1. The van der Waals surface area contributed by atoms with Gasteiger partial charge in [0.15, 0.2) is 5.13 Å². The number of amides is 1. The number of carbonyl (C=O) groups is 1. The minimum atomic E-state index is -0.779. The predicted octanol–water partition coefficient (Wildman–Crippen LogP) is 4.15. The lowest BCUT2D eigenvalue weighted by molar-refractivity contribution is 0.102. The largest absolute Gasteiger partial charge is 0.298 e. The van der Waals surface area contributed by atoms with Crippen LogP contribution in [0, 0.1) is 23.5 Å². The van der Waals surface area contributed by atoms with Gasteiger partial charge in [-0.05, 0) is 30.4 Å². The Morgan fingerprint density at radius 1 is 1.24 bits per heavy atom. The molecular weight excluding hydrogens is 344 g/mol. The van der Waals surface area contributed by atoms with Crippen molar-refractivity contribution in [2.24, 2.45) is 11.8 Å². The van der Waals surface area contributed by atoms with E-state index in [1.807, 2.05) is 5.38 Å². The van der Waals surface area contributed by atoms with E-state index in [2.05, 4.69) is 29.0 Å². The summed E-state index contributed by atoms with van der Waals surface area (Å²) in [5.41, 5.74) is 0.833. The molecule has 0 saturated carbocycles. The molecule has 7 heteroatoms. The molecule has 1 N–H and O–H groups in total. The van der Waals surface area contributed by atoms with Crippen molar-refractivity contribution < 1.29 is 13.6 Å². The Balaban J connectivity index is 1.62. The van der Waals surface area contributed by atoms with Gasteiger partial charge in [-0.1, -0.05) is 13.8 Å². The lowest BCUT2D eigenvalue weighted by Gasteiger charge is -2.34. The molecule has 1 aliphatic rings. The Labute approximate surface area is 149 Å². The van der Waals surface area contributed by atoms with Gasteiger partial charge in [-0.2, -0.15) is 0 Å². The quantitative estimate of drug-likeness (QED) is 0.885. The molecule has 2 aromatic rings. The van der Waals surface area contributed by atoms with E-state index in [9.17, 15) is 13.6 Å². The van der Waals surface area contributed by atoms with Crippen LogP contribution in [0.5, 0.6) is 0 Å². The lowest BCUT2D eigenvalue weighted by Crippen LogP contribution is -2.38. The maximum Gasteiger partial charge on any atom is 0.257 e. The average molecular weight is 365 g/mol. The number of hydrogen-bond acceptors (Lipinski definition) is 4. The predicted molar refractivity (Wildman–Crippen MR) is 94.6 cm³/mol. The molecule has 1 aliphatic heterocycles. The van der Waals surface area contributed by atoms with Crippen molar-refractivity contribution in [1.29, 1.82) is 0 Å². The summed E-state index contributed by atoms with van der Waals surface area (Å²) in [5.74, 6) is -0.787. The molecule has 0 radical (unpaired) electrons. The van der Waals surface area contributed by atoms with Gasteiger partial charge in [0.25, 0.3) is 5.91 Å². The number of rotatable bonds is 4. The van der Waals surface area contributed by atoms with E-state index in [1.165, 1.54) is 17.8 Å². The maximum atomic E-state index is 13.2. The fraction of sp³-hybridized carbons (Fsp3) is 0.444. The van der Waals surface area contributed by atoms with Crippen LogP contribution < -0.4 is 5.32 Å². The second-order valence-electron chi connectivity index (χ2n) is 6.90. The normalized spacial score (nSPS) is 21.3. The summed E-state index contributed by atoms with van der Waals surface area (Å²) in [6, 6.07) is 2.74. The van der Waals surface area contributed by atoms with Gasteiger partial charge < -0.3 is 0 Å². The van der Waals surface area contributed by atoms with E-state index in [0.29, 0.717) is 17.0 Å². The highest BCUT2D eigenvalue weighted by molar-refractivity contribution is 7.13. The first-order valence-electron chi connectivity index (χ1n) is 8.33. The van der Waals surface area contributed by atoms with Gasteiger partial charge in [-0.15, -0.1) is 11.3 Å². The highest BCUT2D eigenvalue weighted by Gasteiger charge is 2.22. The van der Waals surface area contributed by atoms with Crippen molar-refractivity contribution in [3.05, 3.63) is 46.5 Å². The zero-order valence-corrected chi connectivity index (χ0v) is 15.1. The molecule has 1 aromatic heterocycles. The Morgan fingerprint density at radius 3 is 2.52 bits per heavy atom. The van der Waals surface area contributed by atoms with E-state index < -0.39 is 17.5 Å². The molecule has 1 saturated heterocycles. The summed E-state index contributed by atoms with van der Waals surface area (Å²) in [6.45, 7) is 7.36. The number of benzene rings is 1. The first kappa shape index (κ1) is 17.9. The van der Waals surface area contributed by atoms with Gasteiger partial charge in [0.1, 0.15) is 11.6 Å². The number of halogens is 2. The summed E-state index contributed by atoms with van der Waals surface area (Å²) in [6.07, 6.45) is 1.25. The van der Waals surface area contributed by atoms with Crippen molar-refractivity contribution in [3.8, 4) is 0 Å². The molecule has 2 atom stereocenters. The molecule has 0 aliphatic carbocycles. The van der Waals surface area contributed by atoms with Gasteiger partial charge >= 0.3 is 0 Å². The zero-order valence-electron chi connectivity index (χ0n) is 14.3. The molecule has 3 rings (SSSR count). The van der Waals surface area contributed by atoms with E-state index in [-0.39, 0.29) is 5.56 Å². The van der Waals surface area contributed by atoms with Gasteiger partial charge in [-0.25, -0.2) is 13.8 Å². The fourth-order valence-electron chi connectivity index (χ4n) is 3.44. The summed E-state index contributed by atoms with van der Waals surface area (Å²) in [4.78, 5) is 18.9. The van der Waals surface area contributed by atoms with E-state index in [0.717, 1.165) is 43.5 Å². The van der Waals surface area contributed by atoms with Crippen LogP contribution in [0.1, 0.15) is 36.3 Å². The minimum absolute atomic E-state index is 0.0621. The number of piperidine rings is 1. The summed E-state index contributed by atoms with van der Waals surface area (Å²) < 4.78 is 26.4. The topological polar surface area (TPSA) is 45.2 Å². The number of carbonyl (C=O) groups excluding carboxylic acids is 1. The second-order valence-corrected chi connectivity index (χ2v) is 7.75. The van der Waals surface area contributed by atoms with E-state index >= 15 is 0 Å². The highest BCUT2D eigenvalue weighted by Crippen LogP contribution is 2.24. The van der Waals surface area contributed by atoms with Gasteiger partial charge in [0.05, 0.1) is 5.69 Å². The highest BCUT2D eigenvalue weighted by atomic mass is 32.1. The summed E-state index contributed by atoms with van der Waals surface area (Å²) in [5, 5.41) is 4.95. The van der Waals surface area contributed by atoms with Crippen molar-refractivity contribution >= 4 is 22.4 Å². The smallest absolute Gasteiger partial charge is 0.257 e. The Kier molecular flexibility index (Phi) is 5.44. The monoisotopic (exact) mass is 365 g/mol. The number of aromatic nitrogens is 1. The minimum Gasteiger partial charge on any atom is -0.298 e. The van der Waals surface area contributed by atoms with Crippen LogP contribution in [0.2, 0.25) is 0 Å². The summed E-state index contributed by atoms with van der Waals surface area (Å²) in [7, 11) is 0. The first-order chi connectivity index (χ1) is 11.9. The average Bonchev–Trinajstić information content (AvgIpc) is 2.92. The SMILES string of the molecule is C[C@@H]1C[C@H](C)CN(Cc2csc(NC(=O)c3cc(F)cc(F)c3)n2)C1. The van der Waals surface area contributed by atoms with Gasteiger partial charge in [0, 0.05) is 36.6 Å². The van der Waals surface area contributed by atoms with Crippen LogP contribution in [0.3, 0.4) is 0 Å². The molecule has 0 bridgehead atoms. The Hall–Kier alpha value is -1.86. The number of anilines is 1. The van der Waals surface area contributed by atoms with Gasteiger partial charge in [0.2, 0.25) is 0 Å². The molecule has 1 aromatic carbocycles. The Bertz CT molecular complexity index is 734. The van der Waals surface area contributed by atoms with Crippen LogP contribution in [-0.4, -0.2) is 28.9 Å². The number of likely N-dealkylation sites (tertiary alicyclic amines) is 1. The molecule has 1 amide bonds. The number of nitrogens with one attached hydrogen (secondary N) is 1. The van der Waals surface area contributed by atoms with E-state index in [4.69, 9.17) is 0 Å². The van der Waals surface area contributed by atoms with Crippen molar-refractivity contribution in [1.82, 2.24) is 9.88 Å².